The van der Waals surface area contributed by atoms with E-state index in [0.717, 1.165) is 29.3 Å². The van der Waals surface area contributed by atoms with Gasteiger partial charge in [-0.3, -0.25) is 4.31 Å². The molecule has 0 radical (unpaired) electrons. The summed E-state index contributed by atoms with van der Waals surface area (Å²) in [5.41, 5.74) is -0.315. The number of terminal acetylenes is 1. The van der Waals surface area contributed by atoms with Crippen LogP contribution < -0.4 is 9.04 Å². The highest BCUT2D eigenvalue weighted by Crippen LogP contribution is 2.40. The van der Waals surface area contributed by atoms with Gasteiger partial charge in [-0.1, -0.05) is 12.0 Å². The number of anilines is 1. The zero-order chi connectivity index (χ0) is 25.2. The van der Waals surface area contributed by atoms with Crippen LogP contribution in [0.15, 0.2) is 41.3 Å². The minimum Gasteiger partial charge on any atom is -0.493 e. The number of hydrogen-bond acceptors (Lipinski definition) is 5. The molecule has 10 heteroatoms. The van der Waals surface area contributed by atoms with Crippen molar-refractivity contribution in [1.82, 2.24) is 0 Å². The number of aliphatic hydroxyl groups excluding tert-OH is 1. The summed E-state index contributed by atoms with van der Waals surface area (Å²) in [4.78, 5) is -0.189. The number of benzene rings is 2. The maximum absolute atomic E-state index is 13.7. The largest absolute Gasteiger partial charge is 0.493 e. The van der Waals surface area contributed by atoms with Gasteiger partial charge in [0.1, 0.15) is 11.8 Å². The van der Waals surface area contributed by atoms with Gasteiger partial charge in [0.05, 0.1) is 29.4 Å². The lowest BCUT2D eigenvalue weighted by atomic mass is 9.97. The van der Waals surface area contributed by atoms with Crippen LogP contribution in [0.1, 0.15) is 36.0 Å². The molecule has 0 spiro atoms. The van der Waals surface area contributed by atoms with Crippen molar-refractivity contribution in [3.05, 3.63) is 53.1 Å². The predicted molar refractivity (Wildman–Crippen MR) is 123 cm³/mol. The Balaban J connectivity index is 1.68. The van der Waals surface area contributed by atoms with Crippen LogP contribution in [-0.2, 0) is 34.0 Å². The third-order valence-corrected chi connectivity index (χ3v) is 8.21. The van der Waals surface area contributed by atoms with Crippen molar-refractivity contribution in [2.75, 3.05) is 24.1 Å². The van der Waals surface area contributed by atoms with E-state index in [9.17, 15) is 26.7 Å². The zero-order valence-corrected chi connectivity index (χ0v) is 19.7. The second kappa shape index (κ2) is 10.1. The molecule has 2 aliphatic heterocycles. The molecule has 1 atom stereocenters. The molecule has 0 aliphatic carbocycles. The van der Waals surface area contributed by atoms with Gasteiger partial charge in [0.25, 0.3) is 10.0 Å². The molecule has 0 unspecified atom stereocenters. The lowest BCUT2D eigenvalue weighted by molar-refractivity contribution is -0.137. The van der Waals surface area contributed by atoms with Gasteiger partial charge in [0.2, 0.25) is 0 Å². The highest BCUT2D eigenvalue weighted by atomic mass is 32.2. The van der Waals surface area contributed by atoms with Crippen molar-refractivity contribution in [3.63, 3.8) is 0 Å². The number of halogens is 3. The summed E-state index contributed by atoms with van der Waals surface area (Å²) in [6, 6.07) is 6.17. The fourth-order valence-electron chi connectivity index (χ4n) is 4.40. The van der Waals surface area contributed by atoms with Crippen molar-refractivity contribution in [2.45, 2.75) is 49.4 Å². The van der Waals surface area contributed by atoms with E-state index < -0.39 is 34.4 Å². The van der Waals surface area contributed by atoms with Crippen LogP contribution in [0, 0.1) is 18.3 Å². The van der Waals surface area contributed by atoms with Gasteiger partial charge in [-0.15, -0.1) is 6.42 Å². The van der Waals surface area contributed by atoms with Crippen LogP contribution in [0.5, 0.6) is 5.75 Å². The summed E-state index contributed by atoms with van der Waals surface area (Å²) in [6.07, 6.45) is 3.28. The number of hydrogen-bond donors (Lipinski definition) is 1. The molecule has 1 saturated heterocycles. The van der Waals surface area contributed by atoms with Gasteiger partial charge < -0.3 is 14.6 Å². The van der Waals surface area contributed by atoms with E-state index in [1.165, 1.54) is 24.3 Å². The number of aryl methyl sites for hydroxylation is 1. The first-order valence-electron chi connectivity index (χ1n) is 11.3. The van der Waals surface area contributed by atoms with Crippen LogP contribution in [0.3, 0.4) is 0 Å². The first-order valence-corrected chi connectivity index (χ1v) is 12.7. The van der Waals surface area contributed by atoms with E-state index in [4.69, 9.17) is 15.9 Å². The van der Waals surface area contributed by atoms with Gasteiger partial charge in [0, 0.05) is 18.8 Å². The molecule has 0 amide bonds. The molecule has 1 fully saturated rings. The van der Waals surface area contributed by atoms with Gasteiger partial charge in [0.15, 0.2) is 0 Å². The standard InChI is InChI=1S/C25H26F3NO5S/c1-2-21-6-4-18-3-5-20(25(26,27)28)14-23(18)29(21)35(31,32)22-7-8-24(19(13-22)15-30)34-16-17-9-11-33-12-10-17/h1,3,5,7-8,13-14,17,21,30H,4,6,9-12,15-16H2/t21-/m0/s1. The van der Waals surface area contributed by atoms with E-state index in [0.29, 0.717) is 43.5 Å². The first-order chi connectivity index (χ1) is 16.6. The molecule has 35 heavy (non-hydrogen) atoms. The highest BCUT2D eigenvalue weighted by Gasteiger charge is 2.38. The topological polar surface area (TPSA) is 76.1 Å². The summed E-state index contributed by atoms with van der Waals surface area (Å²) in [6.45, 7) is 1.24. The molecule has 2 aromatic carbocycles. The van der Waals surface area contributed by atoms with Crippen LogP contribution in [0.2, 0.25) is 0 Å². The smallest absolute Gasteiger partial charge is 0.416 e. The Morgan fingerprint density at radius 3 is 2.54 bits per heavy atom. The molecule has 0 saturated carbocycles. The fourth-order valence-corrected chi connectivity index (χ4v) is 6.09. The van der Waals surface area contributed by atoms with E-state index >= 15 is 0 Å². The number of sulfonamides is 1. The molecule has 6 nitrogen and oxygen atoms in total. The number of rotatable bonds is 6. The summed E-state index contributed by atoms with van der Waals surface area (Å²) >= 11 is 0. The van der Waals surface area contributed by atoms with Crippen molar-refractivity contribution in [3.8, 4) is 18.1 Å². The van der Waals surface area contributed by atoms with E-state index in [1.54, 1.807) is 0 Å². The predicted octanol–water partition coefficient (Wildman–Crippen LogP) is 4.15. The minimum absolute atomic E-state index is 0.0839. The molecular formula is C25H26F3NO5S. The second-order valence-electron chi connectivity index (χ2n) is 8.66. The molecule has 2 aromatic rings. The Morgan fingerprint density at radius 1 is 1.14 bits per heavy atom. The summed E-state index contributed by atoms with van der Waals surface area (Å²) in [5, 5.41) is 9.87. The van der Waals surface area contributed by atoms with Gasteiger partial charge in [-0.05, 0) is 67.5 Å². The first kappa shape index (κ1) is 25.4. The Morgan fingerprint density at radius 2 is 1.89 bits per heavy atom. The third-order valence-electron chi connectivity index (χ3n) is 6.39. The molecule has 0 aromatic heterocycles. The van der Waals surface area contributed by atoms with Gasteiger partial charge in [-0.2, -0.15) is 13.2 Å². The average molecular weight is 510 g/mol. The van der Waals surface area contributed by atoms with Crippen molar-refractivity contribution in [2.24, 2.45) is 5.92 Å². The number of ether oxygens (including phenoxy) is 2. The summed E-state index contributed by atoms with van der Waals surface area (Å²) in [5.74, 6) is 3.05. The molecule has 0 bridgehead atoms. The lowest BCUT2D eigenvalue weighted by Crippen LogP contribution is -2.43. The summed E-state index contributed by atoms with van der Waals surface area (Å²) in [7, 11) is -4.34. The van der Waals surface area contributed by atoms with Crippen LogP contribution >= 0.6 is 0 Å². The quantitative estimate of drug-likeness (QED) is 0.593. The third kappa shape index (κ3) is 5.27. The van der Waals surface area contributed by atoms with Gasteiger partial charge in [-0.25, -0.2) is 8.42 Å². The lowest BCUT2D eigenvalue weighted by Gasteiger charge is -2.35. The Bertz CT molecular complexity index is 1220. The maximum Gasteiger partial charge on any atom is 0.416 e. The number of alkyl halides is 3. The van der Waals surface area contributed by atoms with E-state index in [2.05, 4.69) is 5.92 Å². The van der Waals surface area contributed by atoms with E-state index in [1.807, 2.05) is 0 Å². The van der Waals surface area contributed by atoms with Crippen molar-refractivity contribution < 1.29 is 36.2 Å². The SMILES string of the molecule is C#C[C@H]1CCc2ccc(C(F)(F)F)cc2N1S(=O)(=O)c1ccc(OCC2CCOCC2)c(CO)c1. The van der Waals surface area contributed by atoms with E-state index in [-0.39, 0.29) is 22.6 Å². The summed E-state index contributed by atoms with van der Waals surface area (Å²) < 4.78 is 79.6. The minimum atomic E-state index is -4.64. The normalized spacial score (nSPS) is 19.2. The molecule has 2 aliphatic rings. The van der Waals surface area contributed by atoms with Crippen molar-refractivity contribution >= 4 is 15.7 Å². The van der Waals surface area contributed by atoms with Crippen LogP contribution in [-0.4, -0.2) is 39.4 Å². The molecule has 2 heterocycles. The zero-order valence-electron chi connectivity index (χ0n) is 18.9. The molecule has 1 N–H and O–H groups in total. The Labute approximate surface area is 202 Å². The second-order valence-corrected chi connectivity index (χ2v) is 10.5. The molecule has 188 valence electrons. The highest BCUT2D eigenvalue weighted by molar-refractivity contribution is 7.92. The number of nitrogens with zero attached hydrogens (tertiary/aromatic N) is 1. The fraction of sp³-hybridized carbons (Fsp3) is 0.440. The van der Waals surface area contributed by atoms with Crippen LogP contribution in [0.25, 0.3) is 0 Å². The maximum atomic E-state index is 13.7. The molecular weight excluding hydrogens is 483 g/mol. The van der Waals surface area contributed by atoms with Crippen LogP contribution in [0.4, 0.5) is 18.9 Å². The average Bonchev–Trinajstić information content (AvgIpc) is 2.86. The van der Waals surface area contributed by atoms with Crippen molar-refractivity contribution in [1.29, 1.82) is 0 Å². The van der Waals surface area contributed by atoms with Gasteiger partial charge >= 0.3 is 6.18 Å². The Kier molecular flexibility index (Phi) is 7.31. The Hall–Kier alpha value is -2.74. The molecule has 4 rings (SSSR count). The number of fused-ring (bicyclic) bond motifs is 1. The monoisotopic (exact) mass is 509 g/mol. The number of aliphatic hydroxyl groups is 1.